The molecule has 0 unspecified atom stereocenters. The summed E-state index contributed by atoms with van der Waals surface area (Å²) in [5.41, 5.74) is -1.09. The molecular formula is C13H13ClF3N3. The summed E-state index contributed by atoms with van der Waals surface area (Å²) < 4.78 is 39.7. The molecule has 0 bridgehead atoms. The molecule has 0 aliphatic carbocycles. The topological polar surface area (TPSA) is 30.7 Å². The molecule has 0 fully saturated rings. The molecule has 0 N–H and O–H groups in total. The van der Waals surface area contributed by atoms with Crippen LogP contribution in [0.4, 0.5) is 13.2 Å². The van der Waals surface area contributed by atoms with Crippen molar-refractivity contribution in [1.82, 2.24) is 14.8 Å². The number of alkyl halides is 3. The normalized spacial score (nSPS) is 12.8. The number of hydrogen-bond donors (Lipinski definition) is 0. The van der Waals surface area contributed by atoms with Crippen LogP contribution in [0.1, 0.15) is 32.2 Å². The summed E-state index contributed by atoms with van der Waals surface area (Å²) in [7, 11) is 0. The monoisotopic (exact) mass is 303 g/mol. The van der Waals surface area contributed by atoms with Crippen LogP contribution in [0, 0.1) is 0 Å². The summed E-state index contributed by atoms with van der Waals surface area (Å²) in [6, 6.07) is 4.20. The van der Waals surface area contributed by atoms with E-state index in [1.165, 1.54) is 6.20 Å². The Balaban J connectivity index is 2.69. The zero-order valence-corrected chi connectivity index (χ0v) is 11.9. The Bertz CT molecular complexity index is 627. The smallest absolute Gasteiger partial charge is 0.236 e. The maximum atomic E-state index is 12.9. The highest BCUT2D eigenvalue weighted by molar-refractivity contribution is 6.32. The van der Waals surface area contributed by atoms with Crippen molar-refractivity contribution in [3.63, 3.8) is 0 Å². The fraction of sp³-hybridized carbons (Fsp3) is 0.385. The highest BCUT2D eigenvalue weighted by atomic mass is 35.5. The van der Waals surface area contributed by atoms with Gasteiger partial charge in [0.25, 0.3) is 0 Å². The van der Waals surface area contributed by atoms with Gasteiger partial charge >= 0.3 is 6.18 Å². The second kappa shape index (κ2) is 4.77. The van der Waals surface area contributed by atoms with Crippen molar-refractivity contribution in [3.8, 4) is 5.82 Å². The van der Waals surface area contributed by atoms with E-state index in [9.17, 15) is 13.2 Å². The first-order chi connectivity index (χ1) is 9.10. The number of pyridine rings is 1. The predicted molar refractivity (Wildman–Crippen MR) is 70.1 cm³/mol. The van der Waals surface area contributed by atoms with E-state index in [1.807, 2.05) is 0 Å². The molecule has 0 aliphatic heterocycles. The summed E-state index contributed by atoms with van der Waals surface area (Å²) in [4.78, 5) is 4.02. The van der Waals surface area contributed by atoms with E-state index in [1.54, 1.807) is 32.9 Å². The van der Waals surface area contributed by atoms with Gasteiger partial charge in [-0.3, -0.25) is 0 Å². The van der Waals surface area contributed by atoms with Crippen molar-refractivity contribution >= 4 is 11.6 Å². The van der Waals surface area contributed by atoms with Crippen LogP contribution in [0.15, 0.2) is 24.4 Å². The van der Waals surface area contributed by atoms with Crippen LogP contribution in [0.5, 0.6) is 0 Å². The Morgan fingerprint density at radius 1 is 1.20 bits per heavy atom. The van der Waals surface area contributed by atoms with Gasteiger partial charge in [0, 0.05) is 11.6 Å². The first-order valence-corrected chi connectivity index (χ1v) is 6.27. The van der Waals surface area contributed by atoms with Gasteiger partial charge in [0.1, 0.15) is 0 Å². The largest absolute Gasteiger partial charge is 0.435 e. The number of aromatic nitrogens is 3. The molecule has 0 amide bonds. The molecule has 2 aromatic heterocycles. The Morgan fingerprint density at radius 2 is 1.85 bits per heavy atom. The summed E-state index contributed by atoms with van der Waals surface area (Å²) >= 11 is 6.00. The van der Waals surface area contributed by atoms with Gasteiger partial charge in [-0.05, 0) is 18.2 Å². The van der Waals surface area contributed by atoms with Crippen LogP contribution in [-0.2, 0) is 11.6 Å². The van der Waals surface area contributed by atoms with Gasteiger partial charge in [0.05, 0.1) is 10.7 Å². The minimum atomic E-state index is -4.51. The minimum Gasteiger partial charge on any atom is -0.236 e. The van der Waals surface area contributed by atoms with Gasteiger partial charge in [-0.2, -0.15) is 18.3 Å². The SMILES string of the molecule is CC(C)(C)c1cc(C(F)(F)F)nn1-c1ncccc1Cl. The van der Waals surface area contributed by atoms with Crippen molar-refractivity contribution < 1.29 is 13.2 Å². The van der Waals surface area contributed by atoms with E-state index in [0.29, 0.717) is 5.69 Å². The molecule has 3 nitrogen and oxygen atoms in total. The molecule has 0 radical (unpaired) electrons. The van der Waals surface area contributed by atoms with E-state index in [4.69, 9.17) is 11.6 Å². The Hall–Kier alpha value is -1.56. The highest BCUT2D eigenvalue weighted by Gasteiger charge is 2.37. The van der Waals surface area contributed by atoms with Gasteiger partial charge in [-0.1, -0.05) is 32.4 Å². The van der Waals surface area contributed by atoms with Crippen molar-refractivity contribution in [1.29, 1.82) is 0 Å². The van der Waals surface area contributed by atoms with E-state index in [0.717, 1.165) is 10.7 Å². The number of nitrogens with zero attached hydrogens (tertiary/aromatic N) is 3. The fourth-order valence-electron chi connectivity index (χ4n) is 1.75. The predicted octanol–water partition coefficient (Wildman–Crippen LogP) is 4.24. The standard InChI is InChI=1S/C13H13ClF3N3/c1-12(2,3)10-7-9(13(15,16)17)19-20(10)11-8(14)5-4-6-18-11/h4-7H,1-3H3. The van der Waals surface area contributed by atoms with Crippen molar-refractivity contribution in [2.24, 2.45) is 0 Å². The lowest BCUT2D eigenvalue weighted by atomic mass is 9.92. The minimum absolute atomic E-state index is 0.189. The van der Waals surface area contributed by atoms with E-state index in [2.05, 4.69) is 10.1 Å². The summed E-state index contributed by atoms with van der Waals surface area (Å²) in [5, 5.41) is 3.87. The molecule has 7 heteroatoms. The summed E-state index contributed by atoms with van der Waals surface area (Å²) in [5.74, 6) is 0.189. The van der Waals surface area contributed by atoms with E-state index in [-0.39, 0.29) is 10.8 Å². The Kier molecular flexibility index (Phi) is 3.54. The fourth-order valence-corrected chi connectivity index (χ4v) is 1.95. The second-order valence-corrected chi connectivity index (χ2v) is 5.79. The lowest BCUT2D eigenvalue weighted by molar-refractivity contribution is -0.141. The number of hydrogen-bond acceptors (Lipinski definition) is 2. The maximum absolute atomic E-state index is 12.9. The van der Waals surface area contributed by atoms with E-state index >= 15 is 0 Å². The average Bonchev–Trinajstić information content (AvgIpc) is 2.73. The van der Waals surface area contributed by atoms with Gasteiger partial charge in [0.15, 0.2) is 11.5 Å². The molecule has 0 atom stereocenters. The Labute approximate surface area is 119 Å². The highest BCUT2D eigenvalue weighted by Crippen LogP contribution is 2.34. The molecule has 20 heavy (non-hydrogen) atoms. The quantitative estimate of drug-likeness (QED) is 0.789. The van der Waals surface area contributed by atoms with E-state index < -0.39 is 17.3 Å². The molecule has 0 spiro atoms. The van der Waals surface area contributed by atoms with Crippen LogP contribution >= 0.6 is 11.6 Å². The summed E-state index contributed by atoms with van der Waals surface area (Å²) in [6.45, 7) is 5.41. The molecule has 2 heterocycles. The lowest BCUT2D eigenvalue weighted by Gasteiger charge is -2.19. The molecule has 0 saturated heterocycles. The summed E-state index contributed by atoms with van der Waals surface area (Å²) in [6.07, 6.45) is -3.05. The molecular weight excluding hydrogens is 291 g/mol. The third-order valence-corrected chi connectivity index (χ3v) is 3.00. The lowest BCUT2D eigenvalue weighted by Crippen LogP contribution is -2.18. The van der Waals surface area contributed by atoms with Crippen LogP contribution < -0.4 is 0 Å². The van der Waals surface area contributed by atoms with Crippen LogP contribution in [0.3, 0.4) is 0 Å². The molecule has 2 aromatic rings. The Morgan fingerprint density at radius 3 is 2.35 bits per heavy atom. The molecule has 0 aliphatic rings. The molecule has 0 aromatic carbocycles. The van der Waals surface area contributed by atoms with Crippen molar-refractivity contribution in [3.05, 3.63) is 40.8 Å². The maximum Gasteiger partial charge on any atom is 0.435 e. The zero-order valence-electron chi connectivity index (χ0n) is 11.2. The molecule has 0 saturated carbocycles. The molecule has 2 rings (SSSR count). The van der Waals surface area contributed by atoms with Crippen molar-refractivity contribution in [2.75, 3.05) is 0 Å². The van der Waals surface area contributed by atoms with Gasteiger partial charge in [-0.15, -0.1) is 0 Å². The second-order valence-electron chi connectivity index (χ2n) is 5.38. The average molecular weight is 304 g/mol. The van der Waals surface area contributed by atoms with Gasteiger partial charge in [-0.25, -0.2) is 9.67 Å². The zero-order chi connectivity index (χ0) is 15.1. The third kappa shape index (κ3) is 2.80. The van der Waals surface area contributed by atoms with Crippen LogP contribution in [0.2, 0.25) is 5.02 Å². The first-order valence-electron chi connectivity index (χ1n) is 5.89. The number of rotatable bonds is 1. The van der Waals surface area contributed by atoms with Crippen molar-refractivity contribution in [2.45, 2.75) is 32.4 Å². The van der Waals surface area contributed by atoms with Crippen LogP contribution in [-0.4, -0.2) is 14.8 Å². The number of halogens is 4. The third-order valence-electron chi connectivity index (χ3n) is 2.71. The first kappa shape index (κ1) is 14.8. The van der Waals surface area contributed by atoms with Crippen LogP contribution in [0.25, 0.3) is 5.82 Å². The molecule has 108 valence electrons. The van der Waals surface area contributed by atoms with Gasteiger partial charge < -0.3 is 0 Å². The van der Waals surface area contributed by atoms with Gasteiger partial charge in [0.2, 0.25) is 0 Å².